The lowest BCUT2D eigenvalue weighted by molar-refractivity contribution is -0.155. The molecule has 0 aliphatic heterocycles. The van der Waals surface area contributed by atoms with E-state index in [1.165, 1.54) is 0 Å². The van der Waals surface area contributed by atoms with Gasteiger partial charge >= 0.3 is 5.97 Å². The number of fused-ring (bicyclic) bond motifs is 1. The van der Waals surface area contributed by atoms with Crippen LogP contribution in [0, 0.1) is 11.3 Å². The molecule has 5 nitrogen and oxygen atoms in total. The molecular formula is C22H32N2O3. The maximum absolute atomic E-state index is 13.0. The van der Waals surface area contributed by atoms with Crippen LogP contribution in [-0.4, -0.2) is 48.6 Å². The Labute approximate surface area is 162 Å². The first-order valence-electron chi connectivity index (χ1n) is 9.56. The van der Waals surface area contributed by atoms with Crippen molar-refractivity contribution in [2.24, 2.45) is 11.3 Å². The van der Waals surface area contributed by atoms with Gasteiger partial charge in [-0.1, -0.05) is 32.0 Å². The van der Waals surface area contributed by atoms with Crippen LogP contribution in [0.15, 0.2) is 30.5 Å². The summed E-state index contributed by atoms with van der Waals surface area (Å²) in [5, 5.41) is 1.09. The Balaban J connectivity index is 2.23. The molecule has 0 saturated heterocycles. The van der Waals surface area contributed by atoms with E-state index < -0.39 is 5.41 Å². The first-order valence-corrected chi connectivity index (χ1v) is 9.56. The zero-order chi connectivity index (χ0) is 20.2. The highest BCUT2D eigenvalue weighted by Gasteiger charge is 2.33. The minimum atomic E-state index is -0.860. The summed E-state index contributed by atoms with van der Waals surface area (Å²) in [5.41, 5.74) is 1.18. The molecule has 0 saturated carbocycles. The number of hydrogen-bond donors (Lipinski definition) is 0. The van der Waals surface area contributed by atoms with Gasteiger partial charge in [0.25, 0.3) is 0 Å². The van der Waals surface area contributed by atoms with Crippen LogP contribution < -0.4 is 0 Å². The highest BCUT2D eigenvalue weighted by Crippen LogP contribution is 2.27. The smallest absolute Gasteiger partial charge is 0.312 e. The highest BCUT2D eigenvalue weighted by molar-refractivity contribution is 5.96. The van der Waals surface area contributed by atoms with E-state index in [4.69, 9.17) is 4.74 Å². The van der Waals surface area contributed by atoms with Crippen LogP contribution in [0.1, 0.15) is 44.5 Å². The van der Waals surface area contributed by atoms with E-state index in [0.29, 0.717) is 6.61 Å². The van der Waals surface area contributed by atoms with Gasteiger partial charge in [0.05, 0.1) is 17.5 Å². The number of rotatable bonds is 8. The summed E-state index contributed by atoms with van der Waals surface area (Å²) in [7, 11) is 4.07. The number of nitrogens with zero attached hydrogens (tertiary/aromatic N) is 2. The lowest BCUT2D eigenvalue weighted by atomic mass is 9.89. The molecule has 0 amide bonds. The van der Waals surface area contributed by atoms with Crippen LogP contribution in [0.2, 0.25) is 0 Å². The van der Waals surface area contributed by atoms with Crippen molar-refractivity contribution in [3.8, 4) is 0 Å². The van der Waals surface area contributed by atoms with Crippen LogP contribution in [-0.2, 0) is 16.0 Å². The molecule has 1 aromatic carbocycles. The van der Waals surface area contributed by atoms with Gasteiger partial charge in [-0.15, -0.1) is 0 Å². The predicted molar refractivity (Wildman–Crippen MR) is 109 cm³/mol. The Morgan fingerprint density at radius 3 is 2.48 bits per heavy atom. The van der Waals surface area contributed by atoms with Crippen LogP contribution in [0.5, 0.6) is 0 Å². The van der Waals surface area contributed by atoms with Crippen molar-refractivity contribution < 1.29 is 14.3 Å². The lowest BCUT2D eigenvalue weighted by Crippen LogP contribution is -2.31. The fraction of sp³-hybridized carbons (Fsp3) is 0.545. The van der Waals surface area contributed by atoms with Crippen LogP contribution in [0.4, 0.5) is 0 Å². The van der Waals surface area contributed by atoms with Gasteiger partial charge in [0.2, 0.25) is 5.91 Å². The van der Waals surface area contributed by atoms with Crippen LogP contribution >= 0.6 is 0 Å². The van der Waals surface area contributed by atoms with E-state index in [2.05, 4.69) is 4.90 Å². The quantitative estimate of drug-likeness (QED) is 0.657. The van der Waals surface area contributed by atoms with Gasteiger partial charge in [-0.05, 0) is 51.9 Å². The molecule has 0 atom stereocenters. The highest BCUT2D eigenvalue weighted by atomic mass is 16.5. The molecule has 5 heteroatoms. The third kappa shape index (κ3) is 5.42. The van der Waals surface area contributed by atoms with E-state index in [9.17, 15) is 9.59 Å². The van der Waals surface area contributed by atoms with Crippen molar-refractivity contribution in [3.63, 3.8) is 0 Å². The average molecular weight is 373 g/mol. The van der Waals surface area contributed by atoms with Crippen molar-refractivity contribution in [3.05, 3.63) is 36.0 Å². The summed E-state index contributed by atoms with van der Waals surface area (Å²) < 4.78 is 7.05. The molecule has 0 fully saturated rings. The molecule has 148 valence electrons. The molecular weight excluding hydrogens is 340 g/mol. The number of likely N-dealkylation sites (N-methyl/N-ethyl adjacent to an activating group) is 1. The number of carbonyl (C=O) groups excluding carboxylic acids is 2. The number of esters is 1. The maximum atomic E-state index is 13.0. The minimum absolute atomic E-state index is 0.0891. The predicted octanol–water partition coefficient (Wildman–Crippen LogP) is 4.00. The summed E-state index contributed by atoms with van der Waals surface area (Å²) in [5.74, 6) is -0.143. The first-order chi connectivity index (χ1) is 12.6. The Morgan fingerprint density at radius 2 is 1.85 bits per heavy atom. The summed E-state index contributed by atoms with van der Waals surface area (Å²) >= 11 is 0. The molecule has 2 aromatic rings. The van der Waals surface area contributed by atoms with Crippen LogP contribution in [0.25, 0.3) is 10.9 Å². The Morgan fingerprint density at radius 1 is 1.19 bits per heavy atom. The fourth-order valence-electron chi connectivity index (χ4n) is 2.97. The maximum Gasteiger partial charge on any atom is 0.312 e. The standard InChI is InChI=1S/C22H32N2O3/c1-16(2)15-27-21(26)22(3,4)13-20(25)24-14-17(11-12-23(5)6)18-9-7-8-10-19(18)24/h7-10,14,16H,11-13,15H2,1-6H3. The molecule has 0 spiro atoms. The van der Waals surface area contributed by atoms with Crippen LogP contribution in [0.3, 0.4) is 0 Å². The van der Waals surface area contributed by atoms with Gasteiger partial charge < -0.3 is 9.64 Å². The molecule has 0 aliphatic rings. The second kappa shape index (κ2) is 8.70. The SMILES string of the molecule is CC(C)COC(=O)C(C)(C)CC(=O)n1cc(CCN(C)C)c2ccccc21. The van der Waals surface area contributed by atoms with E-state index in [0.717, 1.165) is 29.4 Å². The van der Waals surface area contributed by atoms with Crippen molar-refractivity contribution in [1.82, 2.24) is 9.47 Å². The normalized spacial score (nSPS) is 12.1. The van der Waals surface area contributed by atoms with Gasteiger partial charge in [-0.3, -0.25) is 14.2 Å². The third-order valence-corrected chi connectivity index (χ3v) is 4.59. The summed E-state index contributed by atoms with van der Waals surface area (Å²) in [4.78, 5) is 27.5. The summed E-state index contributed by atoms with van der Waals surface area (Å²) in [6.45, 7) is 8.81. The number of aromatic nitrogens is 1. The zero-order valence-electron chi connectivity index (χ0n) is 17.4. The molecule has 0 aliphatic carbocycles. The van der Waals surface area contributed by atoms with Gasteiger partial charge in [-0.25, -0.2) is 0 Å². The van der Waals surface area contributed by atoms with Gasteiger partial charge in [0.15, 0.2) is 0 Å². The average Bonchev–Trinajstić information content (AvgIpc) is 2.96. The van der Waals surface area contributed by atoms with Gasteiger partial charge in [-0.2, -0.15) is 0 Å². The fourth-order valence-corrected chi connectivity index (χ4v) is 2.97. The molecule has 0 N–H and O–H groups in total. The van der Waals surface area contributed by atoms with Gasteiger partial charge in [0, 0.05) is 24.5 Å². The second-order valence-electron chi connectivity index (χ2n) is 8.54. The number of carbonyl (C=O) groups is 2. The number of ether oxygens (including phenoxy) is 1. The number of benzene rings is 1. The molecule has 0 bridgehead atoms. The third-order valence-electron chi connectivity index (χ3n) is 4.59. The van der Waals surface area contributed by atoms with E-state index in [1.54, 1.807) is 18.4 Å². The zero-order valence-corrected chi connectivity index (χ0v) is 17.4. The van der Waals surface area contributed by atoms with Crippen molar-refractivity contribution >= 4 is 22.8 Å². The Bertz CT molecular complexity index is 803. The first kappa shape index (κ1) is 21.2. The summed E-state index contributed by atoms with van der Waals surface area (Å²) in [6.07, 6.45) is 2.90. The number of para-hydroxylation sites is 1. The Hall–Kier alpha value is -2.14. The number of hydrogen-bond acceptors (Lipinski definition) is 4. The summed E-state index contributed by atoms with van der Waals surface area (Å²) in [6, 6.07) is 7.93. The van der Waals surface area contributed by atoms with Gasteiger partial charge in [0.1, 0.15) is 0 Å². The van der Waals surface area contributed by atoms with E-state index >= 15 is 0 Å². The topological polar surface area (TPSA) is 51.5 Å². The molecule has 2 rings (SSSR count). The molecule has 0 radical (unpaired) electrons. The van der Waals surface area contributed by atoms with Crippen molar-refractivity contribution in [1.29, 1.82) is 0 Å². The molecule has 1 heterocycles. The largest absolute Gasteiger partial charge is 0.465 e. The lowest BCUT2D eigenvalue weighted by Gasteiger charge is -2.22. The van der Waals surface area contributed by atoms with Crippen molar-refractivity contribution in [2.75, 3.05) is 27.2 Å². The molecule has 27 heavy (non-hydrogen) atoms. The molecule has 1 aromatic heterocycles. The minimum Gasteiger partial charge on any atom is -0.465 e. The Kier molecular flexibility index (Phi) is 6.82. The second-order valence-corrected chi connectivity index (χ2v) is 8.54. The molecule has 0 unspecified atom stereocenters. The van der Waals surface area contributed by atoms with E-state index in [1.807, 2.05) is 58.4 Å². The van der Waals surface area contributed by atoms with Crippen molar-refractivity contribution in [2.45, 2.75) is 40.5 Å². The monoisotopic (exact) mass is 372 g/mol. The van der Waals surface area contributed by atoms with E-state index in [-0.39, 0.29) is 24.2 Å².